The molecular formula is C15H17N3O. The van der Waals surface area contributed by atoms with Crippen LogP contribution in [0.5, 0.6) is 0 Å². The molecule has 0 atom stereocenters. The number of hydrogen-bond donors (Lipinski definition) is 2. The summed E-state index contributed by atoms with van der Waals surface area (Å²) in [5.41, 5.74) is 8.01. The van der Waals surface area contributed by atoms with E-state index in [2.05, 4.69) is 24.1 Å². The molecule has 0 saturated carbocycles. The van der Waals surface area contributed by atoms with Gasteiger partial charge in [-0.1, -0.05) is 26.0 Å². The van der Waals surface area contributed by atoms with Crippen molar-refractivity contribution in [2.24, 2.45) is 0 Å². The summed E-state index contributed by atoms with van der Waals surface area (Å²) in [5.74, 6) is 0.409. The van der Waals surface area contributed by atoms with Gasteiger partial charge < -0.3 is 11.1 Å². The third kappa shape index (κ3) is 3.10. The first-order valence-electron chi connectivity index (χ1n) is 6.19. The third-order valence-electron chi connectivity index (χ3n) is 2.89. The Morgan fingerprint density at radius 3 is 2.74 bits per heavy atom. The van der Waals surface area contributed by atoms with Crippen LogP contribution >= 0.6 is 0 Å². The molecule has 2 aromatic rings. The molecule has 1 aromatic heterocycles. The van der Waals surface area contributed by atoms with Crippen LogP contribution in [0.1, 0.15) is 35.7 Å². The van der Waals surface area contributed by atoms with Crippen LogP contribution in [0.25, 0.3) is 0 Å². The summed E-state index contributed by atoms with van der Waals surface area (Å²) in [6.07, 6.45) is 1.56. The van der Waals surface area contributed by atoms with Crippen molar-refractivity contribution < 1.29 is 4.79 Å². The van der Waals surface area contributed by atoms with E-state index in [1.165, 1.54) is 5.56 Å². The van der Waals surface area contributed by atoms with E-state index in [9.17, 15) is 4.79 Å². The third-order valence-corrected chi connectivity index (χ3v) is 2.89. The minimum Gasteiger partial charge on any atom is -0.383 e. The zero-order valence-electron chi connectivity index (χ0n) is 11.1. The fourth-order valence-corrected chi connectivity index (χ4v) is 1.78. The molecule has 0 radical (unpaired) electrons. The molecule has 0 aliphatic heterocycles. The van der Waals surface area contributed by atoms with Crippen LogP contribution in [0.15, 0.2) is 42.6 Å². The van der Waals surface area contributed by atoms with Crippen LogP contribution in [-0.2, 0) is 0 Å². The molecule has 2 rings (SSSR count). The minimum absolute atomic E-state index is 0.236. The SMILES string of the molecule is CC(C)c1cccc(NC(=O)c2cccnc2N)c1. The second-order valence-corrected chi connectivity index (χ2v) is 4.67. The lowest BCUT2D eigenvalue weighted by Gasteiger charge is -2.10. The minimum atomic E-state index is -0.244. The van der Waals surface area contributed by atoms with Gasteiger partial charge in [0.05, 0.1) is 5.56 Å². The summed E-state index contributed by atoms with van der Waals surface area (Å²) in [6.45, 7) is 4.22. The Morgan fingerprint density at radius 2 is 2.05 bits per heavy atom. The molecule has 1 heterocycles. The Balaban J connectivity index is 2.20. The normalized spacial score (nSPS) is 10.5. The predicted molar refractivity (Wildman–Crippen MR) is 77.1 cm³/mol. The Morgan fingerprint density at radius 1 is 1.26 bits per heavy atom. The number of carbonyl (C=O) groups is 1. The Bertz CT molecular complexity index is 593. The van der Waals surface area contributed by atoms with Gasteiger partial charge in [0.15, 0.2) is 0 Å². The molecule has 0 saturated heterocycles. The van der Waals surface area contributed by atoms with Crippen LogP contribution in [0.3, 0.4) is 0 Å². The van der Waals surface area contributed by atoms with Crippen molar-refractivity contribution in [1.82, 2.24) is 4.98 Å². The van der Waals surface area contributed by atoms with E-state index < -0.39 is 0 Å². The highest BCUT2D eigenvalue weighted by atomic mass is 16.1. The van der Waals surface area contributed by atoms with Crippen molar-refractivity contribution >= 4 is 17.4 Å². The van der Waals surface area contributed by atoms with Crippen molar-refractivity contribution in [2.45, 2.75) is 19.8 Å². The molecule has 4 nitrogen and oxygen atoms in total. The summed E-state index contributed by atoms with van der Waals surface area (Å²) < 4.78 is 0. The number of pyridine rings is 1. The monoisotopic (exact) mass is 255 g/mol. The number of nitrogens with two attached hydrogens (primary N) is 1. The van der Waals surface area contributed by atoms with Crippen LogP contribution in [0.4, 0.5) is 11.5 Å². The van der Waals surface area contributed by atoms with Gasteiger partial charge in [0.25, 0.3) is 5.91 Å². The Labute approximate surface area is 112 Å². The maximum Gasteiger partial charge on any atom is 0.259 e. The average molecular weight is 255 g/mol. The van der Waals surface area contributed by atoms with Gasteiger partial charge in [0.1, 0.15) is 5.82 Å². The number of nitrogens with zero attached hydrogens (tertiary/aromatic N) is 1. The highest BCUT2D eigenvalue weighted by Gasteiger charge is 2.10. The topological polar surface area (TPSA) is 68.0 Å². The standard InChI is InChI=1S/C15H17N3O/c1-10(2)11-5-3-6-12(9-11)18-15(19)13-7-4-8-17-14(13)16/h3-10H,1-2H3,(H2,16,17)(H,18,19). The number of anilines is 2. The van der Waals surface area contributed by atoms with Gasteiger partial charge >= 0.3 is 0 Å². The van der Waals surface area contributed by atoms with E-state index in [0.29, 0.717) is 11.5 Å². The number of nitrogen functional groups attached to an aromatic ring is 1. The molecule has 1 amide bonds. The molecule has 4 heteroatoms. The lowest BCUT2D eigenvalue weighted by molar-refractivity contribution is 0.102. The van der Waals surface area contributed by atoms with E-state index in [1.807, 2.05) is 24.3 Å². The average Bonchev–Trinajstić information content (AvgIpc) is 2.39. The van der Waals surface area contributed by atoms with E-state index in [1.54, 1.807) is 18.3 Å². The fraction of sp³-hybridized carbons (Fsp3) is 0.200. The first kappa shape index (κ1) is 13.1. The second-order valence-electron chi connectivity index (χ2n) is 4.67. The van der Waals surface area contributed by atoms with E-state index in [4.69, 9.17) is 5.73 Å². The summed E-state index contributed by atoms with van der Waals surface area (Å²) >= 11 is 0. The van der Waals surface area contributed by atoms with Crippen LogP contribution in [0.2, 0.25) is 0 Å². The molecule has 19 heavy (non-hydrogen) atoms. The molecule has 0 unspecified atom stereocenters. The molecule has 3 N–H and O–H groups in total. The van der Waals surface area contributed by atoms with E-state index in [-0.39, 0.29) is 11.7 Å². The van der Waals surface area contributed by atoms with E-state index in [0.717, 1.165) is 5.69 Å². The van der Waals surface area contributed by atoms with Crippen molar-refractivity contribution in [2.75, 3.05) is 11.1 Å². The van der Waals surface area contributed by atoms with Gasteiger partial charge in [-0.05, 0) is 35.7 Å². The molecule has 0 fully saturated rings. The number of aromatic nitrogens is 1. The number of nitrogens with one attached hydrogen (secondary N) is 1. The Kier molecular flexibility index (Phi) is 3.80. The largest absolute Gasteiger partial charge is 0.383 e. The fourth-order valence-electron chi connectivity index (χ4n) is 1.78. The molecule has 0 aliphatic rings. The van der Waals surface area contributed by atoms with Gasteiger partial charge in [-0.15, -0.1) is 0 Å². The van der Waals surface area contributed by atoms with Crippen molar-refractivity contribution in [3.63, 3.8) is 0 Å². The number of amides is 1. The number of benzene rings is 1. The smallest absolute Gasteiger partial charge is 0.259 e. The number of carbonyl (C=O) groups excluding carboxylic acids is 1. The van der Waals surface area contributed by atoms with Gasteiger partial charge in [-0.2, -0.15) is 0 Å². The van der Waals surface area contributed by atoms with Gasteiger partial charge in [0.2, 0.25) is 0 Å². The molecule has 0 aliphatic carbocycles. The molecule has 1 aromatic carbocycles. The zero-order chi connectivity index (χ0) is 13.8. The van der Waals surface area contributed by atoms with Gasteiger partial charge in [-0.25, -0.2) is 4.98 Å². The van der Waals surface area contributed by atoms with Crippen molar-refractivity contribution in [3.05, 3.63) is 53.7 Å². The highest BCUT2D eigenvalue weighted by molar-refractivity contribution is 6.07. The molecular weight excluding hydrogens is 238 g/mol. The second kappa shape index (κ2) is 5.52. The first-order chi connectivity index (χ1) is 9.08. The quantitative estimate of drug-likeness (QED) is 0.885. The summed E-state index contributed by atoms with van der Waals surface area (Å²) in [7, 11) is 0. The first-order valence-corrected chi connectivity index (χ1v) is 6.19. The summed E-state index contributed by atoms with van der Waals surface area (Å²) in [4.78, 5) is 16.0. The van der Waals surface area contributed by atoms with Crippen molar-refractivity contribution in [3.8, 4) is 0 Å². The number of rotatable bonds is 3. The van der Waals surface area contributed by atoms with Gasteiger partial charge in [-0.3, -0.25) is 4.79 Å². The zero-order valence-corrected chi connectivity index (χ0v) is 11.1. The maximum atomic E-state index is 12.1. The Hall–Kier alpha value is -2.36. The number of hydrogen-bond acceptors (Lipinski definition) is 3. The van der Waals surface area contributed by atoms with Crippen molar-refractivity contribution in [1.29, 1.82) is 0 Å². The lowest BCUT2D eigenvalue weighted by Crippen LogP contribution is -2.14. The molecule has 0 spiro atoms. The van der Waals surface area contributed by atoms with Crippen LogP contribution in [-0.4, -0.2) is 10.9 Å². The van der Waals surface area contributed by atoms with E-state index >= 15 is 0 Å². The van der Waals surface area contributed by atoms with Gasteiger partial charge in [0, 0.05) is 11.9 Å². The van der Waals surface area contributed by atoms with Crippen LogP contribution < -0.4 is 11.1 Å². The molecule has 98 valence electrons. The van der Waals surface area contributed by atoms with Crippen LogP contribution in [0, 0.1) is 0 Å². The lowest BCUT2D eigenvalue weighted by atomic mass is 10.0. The predicted octanol–water partition coefficient (Wildman–Crippen LogP) is 3.04. The summed E-state index contributed by atoms with van der Waals surface area (Å²) in [5, 5.41) is 2.84. The molecule has 0 bridgehead atoms. The maximum absolute atomic E-state index is 12.1. The highest BCUT2D eigenvalue weighted by Crippen LogP contribution is 2.19. The summed E-state index contributed by atoms with van der Waals surface area (Å²) in [6, 6.07) is 11.1.